The van der Waals surface area contributed by atoms with Crippen molar-refractivity contribution in [2.45, 2.75) is 32.6 Å². The van der Waals surface area contributed by atoms with Gasteiger partial charge in [0.05, 0.1) is 22.4 Å². The SMILES string of the molecule is CC(C)c1nc2c3ccccc3c3ccccc3c2nc1-c1cccc(-c2ccc3sc4c(c3c2)C=CCC4)c1. The summed E-state index contributed by atoms with van der Waals surface area (Å²) in [4.78, 5) is 12.3. The van der Waals surface area contributed by atoms with Crippen LogP contribution in [0.5, 0.6) is 0 Å². The molecule has 0 bridgehead atoms. The van der Waals surface area contributed by atoms with Gasteiger partial charge in [-0.25, -0.2) is 9.97 Å². The van der Waals surface area contributed by atoms with Crippen LogP contribution in [0, 0.1) is 0 Å². The zero-order chi connectivity index (χ0) is 26.8. The van der Waals surface area contributed by atoms with Crippen molar-refractivity contribution in [2.24, 2.45) is 0 Å². The number of aryl methyl sites for hydroxylation is 1. The van der Waals surface area contributed by atoms with Crippen LogP contribution < -0.4 is 0 Å². The highest BCUT2D eigenvalue weighted by Crippen LogP contribution is 2.40. The van der Waals surface area contributed by atoms with E-state index in [1.165, 1.54) is 42.4 Å². The van der Waals surface area contributed by atoms with Crippen molar-refractivity contribution in [3.05, 3.63) is 113 Å². The Morgan fingerprint density at radius 1 is 0.650 bits per heavy atom. The lowest BCUT2D eigenvalue weighted by molar-refractivity contribution is 0.826. The van der Waals surface area contributed by atoms with Crippen molar-refractivity contribution >= 4 is 60.1 Å². The lowest BCUT2D eigenvalue weighted by atomic mass is 9.95. The van der Waals surface area contributed by atoms with Gasteiger partial charge in [-0.15, -0.1) is 11.3 Å². The van der Waals surface area contributed by atoms with E-state index >= 15 is 0 Å². The van der Waals surface area contributed by atoms with Gasteiger partial charge in [0.2, 0.25) is 0 Å². The molecule has 0 aliphatic heterocycles. The van der Waals surface area contributed by atoms with Crippen LogP contribution in [0.15, 0.2) is 97.1 Å². The van der Waals surface area contributed by atoms with Gasteiger partial charge in [-0.05, 0) is 64.4 Å². The van der Waals surface area contributed by atoms with Crippen molar-refractivity contribution in [2.75, 3.05) is 0 Å². The molecule has 7 aromatic rings. The third-order valence-electron chi connectivity index (χ3n) is 8.22. The minimum atomic E-state index is 0.237. The quantitative estimate of drug-likeness (QED) is 0.212. The number of benzene rings is 5. The Bertz CT molecular complexity index is 2150. The van der Waals surface area contributed by atoms with Gasteiger partial charge >= 0.3 is 0 Å². The molecule has 3 heteroatoms. The van der Waals surface area contributed by atoms with E-state index in [0.717, 1.165) is 51.6 Å². The van der Waals surface area contributed by atoms with Crippen LogP contribution in [-0.2, 0) is 6.42 Å². The van der Waals surface area contributed by atoms with Crippen molar-refractivity contribution < 1.29 is 0 Å². The van der Waals surface area contributed by atoms with Crippen LogP contribution in [-0.4, -0.2) is 9.97 Å². The predicted octanol–water partition coefficient (Wildman–Crippen LogP) is 10.6. The number of hydrogen-bond donors (Lipinski definition) is 0. The Labute approximate surface area is 237 Å². The summed E-state index contributed by atoms with van der Waals surface area (Å²) in [6.45, 7) is 4.43. The van der Waals surface area contributed by atoms with Crippen LogP contribution in [0.25, 0.3) is 71.1 Å². The van der Waals surface area contributed by atoms with E-state index in [4.69, 9.17) is 9.97 Å². The number of hydrogen-bond acceptors (Lipinski definition) is 3. The first kappa shape index (κ1) is 23.5. The first-order valence-corrected chi connectivity index (χ1v) is 14.9. The number of fused-ring (bicyclic) bond motifs is 9. The van der Waals surface area contributed by atoms with Gasteiger partial charge < -0.3 is 0 Å². The Hall–Kier alpha value is -4.34. The van der Waals surface area contributed by atoms with E-state index in [1.807, 2.05) is 11.3 Å². The molecule has 0 fully saturated rings. The van der Waals surface area contributed by atoms with Gasteiger partial charge in [-0.2, -0.15) is 0 Å². The third-order valence-corrected chi connectivity index (χ3v) is 9.47. The van der Waals surface area contributed by atoms with E-state index in [9.17, 15) is 0 Å². The highest BCUT2D eigenvalue weighted by Gasteiger charge is 2.19. The second kappa shape index (κ2) is 9.11. The highest BCUT2D eigenvalue weighted by atomic mass is 32.1. The normalized spacial score (nSPS) is 13.2. The molecule has 192 valence electrons. The maximum absolute atomic E-state index is 5.41. The lowest BCUT2D eigenvalue weighted by Crippen LogP contribution is -2.02. The van der Waals surface area contributed by atoms with E-state index < -0.39 is 0 Å². The molecule has 0 amide bonds. The van der Waals surface area contributed by atoms with Crippen molar-refractivity contribution in [3.63, 3.8) is 0 Å². The number of thiophene rings is 1. The van der Waals surface area contributed by atoms with Crippen LogP contribution in [0.1, 0.15) is 42.3 Å². The summed E-state index contributed by atoms with van der Waals surface area (Å²) in [6, 6.07) is 32.9. The Balaban J connectivity index is 1.35. The van der Waals surface area contributed by atoms with Crippen molar-refractivity contribution in [1.82, 2.24) is 9.97 Å². The second-order valence-corrected chi connectivity index (χ2v) is 12.2. The monoisotopic (exact) mass is 532 g/mol. The van der Waals surface area contributed by atoms with Crippen LogP contribution in [0.2, 0.25) is 0 Å². The summed E-state index contributed by atoms with van der Waals surface area (Å²) in [7, 11) is 0. The van der Waals surface area contributed by atoms with E-state index in [1.54, 1.807) is 0 Å². The zero-order valence-corrected chi connectivity index (χ0v) is 23.4. The Kier molecular flexibility index (Phi) is 5.36. The molecule has 0 unspecified atom stereocenters. The van der Waals surface area contributed by atoms with Crippen molar-refractivity contribution in [1.29, 1.82) is 0 Å². The van der Waals surface area contributed by atoms with E-state index in [0.29, 0.717) is 0 Å². The molecule has 0 saturated heterocycles. The van der Waals surface area contributed by atoms with Gasteiger partial charge in [0.25, 0.3) is 0 Å². The van der Waals surface area contributed by atoms with Crippen molar-refractivity contribution in [3.8, 4) is 22.4 Å². The molecule has 0 saturated carbocycles. The smallest absolute Gasteiger partial charge is 0.0979 e. The molecule has 0 N–H and O–H groups in total. The minimum Gasteiger partial charge on any atom is -0.248 e. The van der Waals surface area contributed by atoms with Gasteiger partial charge in [-0.3, -0.25) is 0 Å². The van der Waals surface area contributed by atoms with Crippen LogP contribution in [0.4, 0.5) is 0 Å². The zero-order valence-electron chi connectivity index (χ0n) is 22.6. The predicted molar refractivity (Wildman–Crippen MR) is 172 cm³/mol. The second-order valence-electron chi connectivity index (χ2n) is 11.1. The molecule has 40 heavy (non-hydrogen) atoms. The highest BCUT2D eigenvalue weighted by molar-refractivity contribution is 7.19. The van der Waals surface area contributed by atoms with Gasteiger partial charge in [-0.1, -0.05) is 98.8 Å². The molecule has 2 heterocycles. The Morgan fingerprint density at radius 2 is 1.32 bits per heavy atom. The molecule has 0 atom stereocenters. The third kappa shape index (κ3) is 3.61. The molecule has 8 rings (SSSR count). The molecular weight excluding hydrogens is 504 g/mol. The molecule has 2 aromatic heterocycles. The number of allylic oxidation sites excluding steroid dienone is 1. The summed E-state index contributed by atoms with van der Waals surface area (Å²) in [5.74, 6) is 0.237. The maximum Gasteiger partial charge on any atom is 0.0979 e. The van der Waals surface area contributed by atoms with Gasteiger partial charge in [0, 0.05) is 31.3 Å². The largest absolute Gasteiger partial charge is 0.248 e. The Morgan fingerprint density at radius 3 is 2.08 bits per heavy atom. The molecule has 0 radical (unpaired) electrons. The molecule has 2 nitrogen and oxygen atoms in total. The standard InChI is InChI=1S/C37H28N2S/c1-22(2)34-35(39-37-30-16-6-4-13-27(30)26-12-3-5-15-29(26)36(37)38-34)25-11-9-10-23(20-25)24-18-19-33-31(21-24)28-14-7-8-17-32(28)40-33/h3-7,9-16,18-22H,8,17H2,1-2H3. The summed E-state index contributed by atoms with van der Waals surface area (Å²) >= 11 is 1.94. The number of aromatic nitrogens is 2. The summed E-state index contributed by atoms with van der Waals surface area (Å²) in [5, 5.41) is 6.12. The first-order chi connectivity index (χ1) is 19.7. The summed E-state index contributed by atoms with van der Waals surface area (Å²) < 4.78 is 1.37. The first-order valence-electron chi connectivity index (χ1n) is 14.1. The fraction of sp³-hybridized carbons (Fsp3) is 0.135. The molecule has 1 aliphatic rings. The topological polar surface area (TPSA) is 25.8 Å². The van der Waals surface area contributed by atoms with E-state index in [-0.39, 0.29) is 5.92 Å². The van der Waals surface area contributed by atoms with E-state index in [2.05, 4.69) is 117 Å². The molecule has 0 spiro atoms. The van der Waals surface area contributed by atoms with Crippen LogP contribution >= 0.6 is 11.3 Å². The average Bonchev–Trinajstić information content (AvgIpc) is 3.38. The number of nitrogens with zero attached hydrogens (tertiary/aromatic N) is 2. The lowest BCUT2D eigenvalue weighted by Gasteiger charge is -2.16. The van der Waals surface area contributed by atoms with Crippen LogP contribution in [0.3, 0.4) is 0 Å². The van der Waals surface area contributed by atoms with Gasteiger partial charge in [0.15, 0.2) is 0 Å². The summed E-state index contributed by atoms with van der Waals surface area (Å²) in [5.41, 5.74) is 8.94. The number of rotatable bonds is 3. The maximum atomic E-state index is 5.41. The molecule has 1 aliphatic carbocycles. The fourth-order valence-corrected chi connectivity index (χ4v) is 7.45. The molecule has 5 aromatic carbocycles. The summed E-state index contributed by atoms with van der Waals surface area (Å²) in [6.07, 6.45) is 6.91. The van der Waals surface area contributed by atoms with Gasteiger partial charge in [0.1, 0.15) is 0 Å². The molecular formula is C37H28N2S. The minimum absolute atomic E-state index is 0.237. The fourth-order valence-electron chi connectivity index (χ4n) is 6.26. The average molecular weight is 533 g/mol.